The van der Waals surface area contributed by atoms with Gasteiger partial charge in [-0.15, -0.1) is 0 Å². The fourth-order valence-electron chi connectivity index (χ4n) is 2.01. The van der Waals surface area contributed by atoms with E-state index in [0.717, 1.165) is 13.0 Å². The first-order chi connectivity index (χ1) is 9.72. The van der Waals surface area contributed by atoms with Crippen molar-refractivity contribution in [2.75, 3.05) is 18.5 Å². The third-order valence-electron chi connectivity index (χ3n) is 3.05. The summed E-state index contributed by atoms with van der Waals surface area (Å²) < 4.78 is 14.4. The molecule has 0 radical (unpaired) electrons. The fraction of sp³-hybridized carbons (Fsp3) is 0.400. The molecule has 0 aliphatic heterocycles. The van der Waals surface area contributed by atoms with Crippen LogP contribution in [0.3, 0.4) is 0 Å². The lowest BCUT2D eigenvalue weighted by Crippen LogP contribution is -2.21. The summed E-state index contributed by atoms with van der Waals surface area (Å²) in [7, 11) is 1.87. The van der Waals surface area contributed by atoms with E-state index in [4.69, 9.17) is 0 Å². The quantitative estimate of drug-likeness (QED) is 0.793. The van der Waals surface area contributed by atoms with Gasteiger partial charge in [0.1, 0.15) is 0 Å². The van der Waals surface area contributed by atoms with Crippen LogP contribution in [0.2, 0.25) is 0 Å². The smallest absolute Gasteiger partial charge is 0.170 e. The van der Waals surface area contributed by atoms with Gasteiger partial charge in [-0.2, -0.15) is 11.3 Å². The Labute approximate surface area is 123 Å². The first kappa shape index (κ1) is 14.9. The third kappa shape index (κ3) is 3.77. The maximum absolute atomic E-state index is 14.4. The normalized spacial score (nSPS) is 10.8. The number of pyridine rings is 1. The number of anilines is 1. The molecule has 2 heterocycles. The lowest BCUT2D eigenvalue weighted by atomic mass is 10.2. The second-order valence-corrected chi connectivity index (χ2v) is 5.55. The highest BCUT2D eigenvalue weighted by atomic mass is 32.1. The monoisotopic (exact) mass is 293 g/mol. The molecule has 0 aliphatic carbocycles. The predicted octanol–water partition coefficient (Wildman–Crippen LogP) is 3.42. The van der Waals surface area contributed by atoms with Gasteiger partial charge in [-0.05, 0) is 41.4 Å². The minimum Gasteiger partial charge on any atom is -0.353 e. The van der Waals surface area contributed by atoms with Crippen molar-refractivity contribution in [3.63, 3.8) is 0 Å². The molecule has 2 aromatic heterocycles. The second kappa shape index (κ2) is 7.36. The van der Waals surface area contributed by atoms with E-state index in [2.05, 4.69) is 22.6 Å². The Balaban J connectivity index is 2.08. The van der Waals surface area contributed by atoms with Gasteiger partial charge in [-0.1, -0.05) is 6.92 Å². The van der Waals surface area contributed by atoms with Gasteiger partial charge < -0.3 is 10.2 Å². The summed E-state index contributed by atoms with van der Waals surface area (Å²) in [6.45, 7) is 4.19. The van der Waals surface area contributed by atoms with Gasteiger partial charge >= 0.3 is 0 Å². The van der Waals surface area contributed by atoms with Crippen LogP contribution in [-0.2, 0) is 13.1 Å². The Morgan fingerprint density at radius 3 is 2.95 bits per heavy atom. The standard InChI is InChI=1S/C15H20FN3S/c1-3-6-17-9-13-4-7-18-15(14(13)16)19(2)10-12-5-8-20-11-12/h4-5,7-8,11,17H,3,6,9-10H2,1-2H3. The van der Waals surface area contributed by atoms with Gasteiger partial charge in [0.15, 0.2) is 11.6 Å². The summed E-state index contributed by atoms with van der Waals surface area (Å²) in [4.78, 5) is 6.02. The maximum atomic E-state index is 14.4. The van der Waals surface area contributed by atoms with E-state index in [-0.39, 0.29) is 5.82 Å². The first-order valence-corrected chi connectivity index (χ1v) is 7.73. The van der Waals surface area contributed by atoms with Crippen LogP contribution in [0.15, 0.2) is 29.1 Å². The van der Waals surface area contributed by atoms with E-state index in [1.165, 1.54) is 5.56 Å². The Bertz CT molecular complexity index is 528. The molecule has 2 aromatic rings. The average molecular weight is 293 g/mol. The first-order valence-electron chi connectivity index (χ1n) is 6.78. The van der Waals surface area contributed by atoms with E-state index in [1.807, 2.05) is 23.4 Å². The molecule has 3 nitrogen and oxygen atoms in total. The molecule has 2 rings (SSSR count). The van der Waals surface area contributed by atoms with Crippen LogP contribution in [0, 0.1) is 5.82 Å². The van der Waals surface area contributed by atoms with Crippen molar-refractivity contribution in [3.05, 3.63) is 46.0 Å². The molecule has 0 spiro atoms. The zero-order chi connectivity index (χ0) is 14.4. The molecular formula is C15H20FN3S. The Morgan fingerprint density at radius 1 is 1.40 bits per heavy atom. The summed E-state index contributed by atoms with van der Waals surface area (Å²) in [6, 6.07) is 3.78. The third-order valence-corrected chi connectivity index (χ3v) is 3.79. The van der Waals surface area contributed by atoms with Crippen LogP contribution < -0.4 is 10.2 Å². The number of aromatic nitrogens is 1. The molecule has 0 atom stereocenters. The molecule has 20 heavy (non-hydrogen) atoms. The molecule has 1 N–H and O–H groups in total. The highest BCUT2D eigenvalue weighted by molar-refractivity contribution is 7.07. The molecule has 0 saturated heterocycles. The Hall–Kier alpha value is -1.46. The average Bonchev–Trinajstić information content (AvgIpc) is 2.93. The predicted molar refractivity (Wildman–Crippen MR) is 82.6 cm³/mol. The van der Waals surface area contributed by atoms with Gasteiger partial charge in [0.25, 0.3) is 0 Å². The zero-order valence-electron chi connectivity index (χ0n) is 11.9. The molecule has 0 aromatic carbocycles. The molecule has 108 valence electrons. The second-order valence-electron chi connectivity index (χ2n) is 4.77. The van der Waals surface area contributed by atoms with Crippen molar-refractivity contribution >= 4 is 17.2 Å². The maximum Gasteiger partial charge on any atom is 0.170 e. The van der Waals surface area contributed by atoms with Crippen molar-refractivity contribution in [2.24, 2.45) is 0 Å². The molecule has 0 bridgehead atoms. The highest BCUT2D eigenvalue weighted by Crippen LogP contribution is 2.20. The number of thiophene rings is 1. The summed E-state index contributed by atoms with van der Waals surface area (Å²) in [5, 5.41) is 7.32. The summed E-state index contributed by atoms with van der Waals surface area (Å²) >= 11 is 1.65. The van der Waals surface area contributed by atoms with Gasteiger partial charge in [0.05, 0.1) is 0 Å². The lowest BCUT2D eigenvalue weighted by Gasteiger charge is -2.19. The molecular weight excluding hydrogens is 273 g/mol. The van der Waals surface area contributed by atoms with Crippen LogP contribution in [0.1, 0.15) is 24.5 Å². The molecule has 0 aliphatic rings. The van der Waals surface area contributed by atoms with E-state index in [1.54, 1.807) is 23.6 Å². The van der Waals surface area contributed by atoms with Gasteiger partial charge in [-0.25, -0.2) is 9.37 Å². The van der Waals surface area contributed by atoms with Crippen molar-refractivity contribution in [1.82, 2.24) is 10.3 Å². The molecule has 0 amide bonds. The summed E-state index contributed by atoms with van der Waals surface area (Å²) in [5.41, 5.74) is 1.84. The number of hydrogen-bond acceptors (Lipinski definition) is 4. The van der Waals surface area contributed by atoms with Gasteiger partial charge in [0.2, 0.25) is 0 Å². The van der Waals surface area contributed by atoms with Crippen LogP contribution in [0.4, 0.5) is 10.2 Å². The van der Waals surface area contributed by atoms with Crippen LogP contribution >= 0.6 is 11.3 Å². The van der Waals surface area contributed by atoms with Crippen LogP contribution in [0.5, 0.6) is 0 Å². The Kier molecular flexibility index (Phi) is 5.49. The number of rotatable bonds is 7. The number of halogens is 1. The largest absolute Gasteiger partial charge is 0.353 e. The van der Waals surface area contributed by atoms with Crippen molar-refractivity contribution in [3.8, 4) is 0 Å². The molecule has 0 saturated carbocycles. The molecule has 0 fully saturated rings. The van der Waals surface area contributed by atoms with Crippen LogP contribution in [0.25, 0.3) is 0 Å². The van der Waals surface area contributed by atoms with E-state index in [0.29, 0.717) is 24.5 Å². The fourth-order valence-corrected chi connectivity index (χ4v) is 2.66. The molecule has 5 heteroatoms. The van der Waals surface area contributed by atoms with Crippen molar-refractivity contribution < 1.29 is 4.39 Å². The molecule has 0 unspecified atom stereocenters. The highest BCUT2D eigenvalue weighted by Gasteiger charge is 2.13. The summed E-state index contributed by atoms with van der Waals surface area (Å²) in [5.74, 6) is 0.181. The van der Waals surface area contributed by atoms with Crippen LogP contribution in [-0.4, -0.2) is 18.6 Å². The number of nitrogens with one attached hydrogen (secondary N) is 1. The van der Waals surface area contributed by atoms with E-state index < -0.39 is 0 Å². The number of hydrogen-bond donors (Lipinski definition) is 1. The zero-order valence-corrected chi connectivity index (χ0v) is 12.7. The van der Waals surface area contributed by atoms with Gasteiger partial charge in [-0.3, -0.25) is 0 Å². The Morgan fingerprint density at radius 2 is 2.25 bits per heavy atom. The van der Waals surface area contributed by atoms with E-state index in [9.17, 15) is 4.39 Å². The van der Waals surface area contributed by atoms with E-state index >= 15 is 0 Å². The van der Waals surface area contributed by atoms with Crippen molar-refractivity contribution in [1.29, 1.82) is 0 Å². The van der Waals surface area contributed by atoms with Gasteiger partial charge in [0, 0.05) is 31.9 Å². The topological polar surface area (TPSA) is 28.2 Å². The SMILES string of the molecule is CCCNCc1ccnc(N(C)Cc2ccsc2)c1F. The minimum absolute atomic E-state index is 0.228. The lowest BCUT2D eigenvalue weighted by molar-refractivity contribution is 0.577. The summed E-state index contributed by atoms with van der Waals surface area (Å²) in [6.07, 6.45) is 2.71. The minimum atomic E-state index is -0.228. The van der Waals surface area contributed by atoms with Crippen molar-refractivity contribution in [2.45, 2.75) is 26.4 Å². The number of nitrogens with zero attached hydrogens (tertiary/aromatic N) is 2.